The van der Waals surface area contributed by atoms with E-state index < -0.39 is 0 Å². The summed E-state index contributed by atoms with van der Waals surface area (Å²) >= 11 is 0. The average Bonchev–Trinajstić information content (AvgIpc) is 2.40. The number of phenolic OH excluding ortho intramolecular Hbond substituents is 1. The fourth-order valence-electron chi connectivity index (χ4n) is 1.87. The van der Waals surface area contributed by atoms with Crippen molar-refractivity contribution in [2.75, 3.05) is 0 Å². The van der Waals surface area contributed by atoms with Crippen LogP contribution in [0.4, 0.5) is 0 Å². The number of rotatable bonds is 5. The van der Waals surface area contributed by atoms with Gasteiger partial charge in [-0.15, -0.1) is 0 Å². The smallest absolute Gasteiger partial charge is 0.173 e. The molecule has 0 bridgehead atoms. The first-order valence-electron chi connectivity index (χ1n) is 6.03. The summed E-state index contributed by atoms with van der Waals surface area (Å²) < 4.78 is 0. The molecule has 1 N–H and O–H groups in total. The van der Waals surface area contributed by atoms with E-state index in [1.54, 1.807) is 12.1 Å². The lowest BCUT2D eigenvalue weighted by atomic mass is 10.0. The van der Waals surface area contributed by atoms with Crippen molar-refractivity contribution in [1.29, 1.82) is 0 Å². The highest BCUT2D eigenvalue weighted by molar-refractivity contribution is 6.09. The number of ketones is 2. The predicted octanol–water partition coefficient (Wildman–Crippen LogP) is 2.78. The van der Waals surface area contributed by atoms with Gasteiger partial charge in [-0.05, 0) is 17.7 Å². The Morgan fingerprint density at radius 1 is 0.895 bits per heavy atom. The van der Waals surface area contributed by atoms with Crippen LogP contribution in [0.3, 0.4) is 0 Å². The molecule has 19 heavy (non-hydrogen) atoms. The summed E-state index contributed by atoms with van der Waals surface area (Å²) in [6.07, 6.45) is 0.0483. The van der Waals surface area contributed by atoms with Crippen molar-refractivity contribution in [2.24, 2.45) is 0 Å². The van der Waals surface area contributed by atoms with Gasteiger partial charge in [0.1, 0.15) is 11.5 Å². The Bertz CT molecular complexity index is 588. The van der Waals surface area contributed by atoms with Crippen molar-refractivity contribution >= 4 is 11.6 Å². The van der Waals surface area contributed by atoms with Crippen LogP contribution in [0.25, 0.3) is 0 Å². The lowest BCUT2D eigenvalue weighted by Gasteiger charge is -2.03. The van der Waals surface area contributed by atoms with E-state index in [1.165, 1.54) is 12.1 Å². The average molecular weight is 254 g/mol. The van der Waals surface area contributed by atoms with Crippen LogP contribution in [-0.2, 0) is 11.2 Å². The highest BCUT2D eigenvalue weighted by Crippen LogP contribution is 2.17. The van der Waals surface area contributed by atoms with Gasteiger partial charge in [0, 0.05) is 6.42 Å². The van der Waals surface area contributed by atoms with Gasteiger partial charge in [0.05, 0.1) is 12.0 Å². The molecule has 0 unspecified atom stereocenters. The lowest BCUT2D eigenvalue weighted by molar-refractivity contribution is -0.117. The minimum Gasteiger partial charge on any atom is -0.507 e. The molecule has 0 spiro atoms. The third-order valence-corrected chi connectivity index (χ3v) is 2.81. The Morgan fingerprint density at radius 3 is 2.21 bits per heavy atom. The SMILES string of the molecule is O=C(CC(=O)c1ccccc1O)Cc1ccccc1. The van der Waals surface area contributed by atoms with Crippen molar-refractivity contribution < 1.29 is 14.7 Å². The zero-order chi connectivity index (χ0) is 13.7. The molecule has 0 saturated heterocycles. The summed E-state index contributed by atoms with van der Waals surface area (Å²) in [6, 6.07) is 15.5. The number of hydrogen-bond donors (Lipinski definition) is 1. The molecule has 0 fully saturated rings. The first-order valence-corrected chi connectivity index (χ1v) is 6.03. The summed E-state index contributed by atoms with van der Waals surface area (Å²) in [5.41, 5.74) is 1.08. The van der Waals surface area contributed by atoms with Crippen LogP contribution in [0, 0.1) is 0 Å². The molecule has 2 aromatic carbocycles. The summed E-state index contributed by atoms with van der Waals surface area (Å²) in [4.78, 5) is 23.7. The van der Waals surface area contributed by atoms with Crippen LogP contribution in [0.2, 0.25) is 0 Å². The molecule has 0 aliphatic rings. The Labute approximate surface area is 111 Å². The normalized spacial score (nSPS) is 10.1. The third-order valence-electron chi connectivity index (χ3n) is 2.81. The maximum atomic E-state index is 11.9. The number of Topliss-reactive ketones (excluding diaryl/α,β-unsaturated/α-hetero) is 2. The minimum absolute atomic E-state index is 0.0833. The molecule has 0 heterocycles. The zero-order valence-electron chi connectivity index (χ0n) is 10.4. The van der Waals surface area contributed by atoms with Crippen LogP contribution >= 0.6 is 0 Å². The summed E-state index contributed by atoms with van der Waals surface area (Å²) in [7, 11) is 0. The second-order valence-electron chi connectivity index (χ2n) is 4.32. The number of carbonyl (C=O) groups excluding carboxylic acids is 2. The Kier molecular flexibility index (Phi) is 4.08. The van der Waals surface area contributed by atoms with Crippen molar-refractivity contribution in [3.8, 4) is 5.75 Å². The molecule has 0 aliphatic carbocycles. The first kappa shape index (κ1) is 13.0. The molecular weight excluding hydrogens is 240 g/mol. The summed E-state index contributed by atoms with van der Waals surface area (Å²) in [5, 5.41) is 9.55. The van der Waals surface area contributed by atoms with Crippen LogP contribution in [-0.4, -0.2) is 16.7 Å². The van der Waals surface area contributed by atoms with E-state index in [4.69, 9.17) is 0 Å². The molecule has 96 valence electrons. The predicted molar refractivity (Wildman–Crippen MR) is 72.2 cm³/mol. The molecule has 0 radical (unpaired) electrons. The van der Waals surface area contributed by atoms with Crippen LogP contribution in [0.1, 0.15) is 22.3 Å². The van der Waals surface area contributed by atoms with Gasteiger partial charge in [-0.1, -0.05) is 42.5 Å². The summed E-state index contributed by atoms with van der Waals surface area (Å²) in [6.45, 7) is 0. The fourth-order valence-corrected chi connectivity index (χ4v) is 1.87. The molecule has 0 aliphatic heterocycles. The number of carbonyl (C=O) groups is 2. The molecule has 0 aromatic heterocycles. The number of benzene rings is 2. The van der Waals surface area contributed by atoms with Gasteiger partial charge in [0.25, 0.3) is 0 Å². The van der Waals surface area contributed by atoms with Crippen molar-refractivity contribution in [3.63, 3.8) is 0 Å². The van der Waals surface area contributed by atoms with E-state index in [0.29, 0.717) is 0 Å². The molecule has 0 amide bonds. The second kappa shape index (κ2) is 5.96. The molecule has 0 saturated carbocycles. The van der Waals surface area contributed by atoms with Gasteiger partial charge in [0.2, 0.25) is 0 Å². The minimum atomic E-state index is -0.348. The van der Waals surface area contributed by atoms with E-state index in [1.807, 2.05) is 30.3 Å². The van der Waals surface area contributed by atoms with Crippen molar-refractivity contribution in [2.45, 2.75) is 12.8 Å². The number of hydrogen-bond acceptors (Lipinski definition) is 3. The van der Waals surface area contributed by atoms with E-state index in [0.717, 1.165) is 5.56 Å². The van der Waals surface area contributed by atoms with Gasteiger partial charge in [-0.3, -0.25) is 9.59 Å². The second-order valence-corrected chi connectivity index (χ2v) is 4.32. The standard InChI is InChI=1S/C16H14O3/c17-13(10-12-6-2-1-3-7-12)11-16(19)14-8-4-5-9-15(14)18/h1-9,18H,10-11H2. The maximum absolute atomic E-state index is 11.9. The Hall–Kier alpha value is -2.42. The highest BCUT2D eigenvalue weighted by atomic mass is 16.3. The molecule has 2 aromatic rings. The van der Waals surface area contributed by atoms with Gasteiger partial charge in [0.15, 0.2) is 5.78 Å². The van der Waals surface area contributed by atoms with Crippen molar-refractivity contribution in [1.82, 2.24) is 0 Å². The van der Waals surface area contributed by atoms with E-state index >= 15 is 0 Å². The highest BCUT2D eigenvalue weighted by Gasteiger charge is 2.14. The van der Waals surface area contributed by atoms with Gasteiger partial charge in [-0.2, -0.15) is 0 Å². The van der Waals surface area contributed by atoms with E-state index in [9.17, 15) is 14.7 Å². The van der Waals surface area contributed by atoms with Crippen LogP contribution in [0.5, 0.6) is 5.75 Å². The topological polar surface area (TPSA) is 54.4 Å². The zero-order valence-corrected chi connectivity index (χ0v) is 10.4. The van der Waals surface area contributed by atoms with E-state index in [-0.39, 0.29) is 35.7 Å². The van der Waals surface area contributed by atoms with E-state index in [2.05, 4.69) is 0 Å². The first-order chi connectivity index (χ1) is 9.16. The van der Waals surface area contributed by atoms with Crippen LogP contribution in [0.15, 0.2) is 54.6 Å². The van der Waals surface area contributed by atoms with Crippen LogP contribution < -0.4 is 0 Å². The number of para-hydroxylation sites is 1. The maximum Gasteiger partial charge on any atom is 0.173 e. The monoisotopic (exact) mass is 254 g/mol. The molecule has 0 atom stereocenters. The molecular formula is C16H14O3. The molecule has 3 heteroatoms. The summed E-state index contributed by atoms with van der Waals surface area (Å²) in [5.74, 6) is -0.585. The Morgan fingerprint density at radius 2 is 1.53 bits per heavy atom. The Balaban J connectivity index is 2.00. The molecule has 2 rings (SSSR count). The lowest BCUT2D eigenvalue weighted by Crippen LogP contribution is -2.10. The van der Waals surface area contributed by atoms with Gasteiger partial charge >= 0.3 is 0 Å². The number of phenols is 1. The third kappa shape index (κ3) is 3.52. The molecule has 3 nitrogen and oxygen atoms in total. The largest absolute Gasteiger partial charge is 0.507 e. The van der Waals surface area contributed by atoms with Crippen molar-refractivity contribution in [3.05, 3.63) is 65.7 Å². The quantitative estimate of drug-likeness (QED) is 0.659. The van der Waals surface area contributed by atoms with Gasteiger partial charge < -0.3 is 5.11 Å². The number of aromatic hydroxyl groups is 1. The fraction of sp³-hybridized carbons (Fsp3) is 0.125. The van der Waals surface area contributed by atoms with Gasteiger partial charge in [-0.25, -0.2) is 0 Å².